The minimum atomic E-state index is -3.50. The van der Waals surface area contributed by atoms with E-state index in [9.17, 15) is 8.42 Å². The van der Waals surface area contributed by atoms with Gasteiger partial charge >= 0.3 is 0 Å². The van der Waals surface area contributed by atoms with Crippen LogP contribution in [-0.2, 0) is 16.4 Å². The standard InChI is InChI=1S/C15H22N4O3S/c1-10(2)19-23(20,21)13-7-5-12(6-8-13)15-17-14(18-22-15)9-11(3)16-4/h5-8,10-11,16,19H,9H2,1-4H3. The van der Waals surface area contributed by atoms with Crippen molar-refractivity contribution in [3.8, 4) is 11.5 Å². The molecule has 0 fully saturated rings. The Balaban J connectivity index is 2.17. The molecule has 1 unspecified atom stereocenters. The van der Waals surface area contributed by atoms with Crippen molar-refractivity contribution in [2.24, 2.45) is 0 Å². The van der Waals surface area contributed by atoms with Crippen LogP contribution in [0.2, 0.25) is 0 Å². The molecule has 126 valence electrons. The topological polar surface area (TPSA) is 97.1 Å². The highest BCUT2D eigenvalue weighted by atomic mass is 32.2. The highest BCUT2D eigenvalue weighted by Crippen LogP contribution is 2.20. The molecule has 1 aromatic heterocycles. The Morgan fingerprint density at radius 3 is 2.39 bits per heavy atom. The molecule has 0 radical (unpaired) electrons. The van der Waals surface area contributed by atoms with Crippen molar-refractivity contribution in [3.63, 3.8) is 0 Å². The van der Waals surface area contributed by atoms with Crippen LogP contribution in [-0.4, -0.2) is 37.7 Å². The molecule has 0 saturated heterocycles. The quantitative estimate of drug-likeness (QED) is 0.795. The Labute approximate surface area is 136 Å². The molecule has 0 aliphatic rings. The van der Waals surface area contributed by atoms with Crippen LogP contribution in [0, 0.1) is 0 Å². The Morgan fingerprint density at radius 2 is 1.83 bits per heavy atom. The molecule has 7 nitrogen and oxygen atoms in total. The van der Waals surface area contributed by atoms with Crippen molar-refractivity contribution < 1.29 is 12.9 Å². The summed E-state index contributed by atoms with van der Waals surface area (Å²) in [6, 6.07) is 6.46. The molecule has 2 aromatic rings. The summed E-state index contributed by atoms with van der Waals surface area (Å²) in [6.45, 7) is 5.58. The Kier molecular flexibility index (Phi) is 5.51. The van der Waals surface area contributed by atoms with Crippen molar-refractivity contribution in [2.45, 2.75) is 44.2 Å². The van der Waals surface area contributed by atoms with E-state index in [1.807, 2.05) is 14.0 Å². The fraction of sp³-hybridized carbons (Fsp3) is 0.467. The maximum Gasteiger partial charge on any atom is 0.257 e. The molecule has 0 spiro atoms. The molecule has 0 aliphatic heterocycles. The van der Waals surface area contributed by atoms with Crippen LogP contribution in [0.1, 0.15) is 26.6 Å². The van der Waals surface area contributed by atoms with Crippen LogP contribution in [0.15, 0.2) is 33.7 Å². The first-order valence-electron chi connectivity index (χ1n) is 7.44. The summed E-state index contributed by atoms with van der Waals surface area (Å²) in [5.41, 5.74) is 0.685. The average Bonchev–Trinajstić information content (AvgIpc) is 2.94. The molecule has 1 aromatic carbocycles. The largest absolute Gasteiger partial charge is 0.334 e. The fourth-order valence-electron chi connectivity index (χ4n) is 1.99. The van der Waals surface area contributed by atoms with Crippen molar-refractivity contribution in [3.05, 3.63) is 30.1 Å². The van der Waals surface area contributed by atoms with Gasteiger partial charge in [-0.1, -0.05) is 5.16 Å². The van der Waals surface area contributed by atoms with Crippen LogP contribution in [0.5, 0.6) is 0 Å². The van der Waals surface area contributed by atoms with Gasteiger partial charge in [0.05, 0.1) is 4.90 Å². The molecular weight excluding hydrogens is 316 g/mol. The van der Waals surface area contributed by atoms with Crippen LogP contribution in [0.4, 0.5) is 0 Å². The first-order chi connectivity index (χ1) is 10.8. The molecule has 2 N–H and O–H groups in total. The van der Waals surface area contributed by atoms with Crippen LogP contribution >= 0.6 is 0 Å². The Hall–Kier alpha value is -1.77. The maximum absolute atomic E-state index is 12.1. The number of hydrogen-bond donors (Lipinski definition) is 2. The molecule has 8 heteroatoms. The van der Waals surface area contributed by atoms with Gasteiger partial charge in [0.15, 0.2) is 5.82 Å². The number of sulfonamides is 1. The lowest BCUT2D eigenvalue weighted by Crippen LogP contribution is -2.30. The summed E-state index contributed by atoms with van der Waals surface area (Å²) in [5, 5.41) is 7.04. The highest BCUT2D eigenvalue weighted by molar-refractivity contribution is 7.89. The normalized spacial score (nSPS) is 13.4. The summed E-state index contributed by atoms with van der Waals surface area (Å²) in [7, 11) is -1.63. The fourth-order valence-corrected chi connectivity index (χ4v) is 3.24. The first kappa shape index (κ1) is 17.6. The number of nitrogens with one attached hydrogen (secondary N) is 2. The van der Waals surface area contributed by atoms with Gasteiger partial charge in [-0.15, -0.1) is 0 Å². The lowest BCUT2D eigenvalue weighted by atomic mass is 10.2. The highest BCUT2D eigenvalue weighted by Gasteiger charge is 2.16. The smallest absolute Gasteiger partial charge is 0.257 e. The molecule has 2 rings (SSSR count). The van der Waals surface area contributed by atoms with Gasteiger partial charge in [-0.2, -0.15) is 4.98 Å². The summed E-state index contributed by atoms with van der Waals surface area (Å²) in [6.07, 6.45) is 0.658. The third-order valence-electron chi connectivity index (χ3n) is 3.25. The van der Waals surface area contributed by atoms with E-state index in [0.717, 1.165) is 0 Å². The van der Waals surface area contributed by atoms with Gasteiger partial charge in [-0.3, -0.25) is 0 Å². The lowest BCUT2D eigenvalue weighted by Gasteiger charge is -2.09. The van der Waals surface area contributed by atoms with Crippen molar-refractivity contribution >= 4 is 10.0 Å². The summed E-state index contributed by atoms with van der Waals surface area (Å²) in [4.78, 5) is 4.53. The minimum Gasteiger partial charge on any atom is -0.334 e. The second kappa shape index (κ2) is 7.20. The first-order valence-corrected chi connectivity index (χ1v) is 8.92. The zero-order valence-corrected chi connectivity index (χ0v) is 14.5. The second-order valence-electron chi connectivity index (χ2n) is 5.71. The zero-order valence-electron chi connectivity index (χ0n) is 13.7. The van der Waals surface area contributed by atoms with Gasteiger partial charge in [0.1, 0.15) is 0 Å². The number of rotatable bonds is 7. The third-order valence-corrected chi connectivity index (χ3v) is 4.93. The predicted molar refractivity (Wildman–Crippen MR) is 87.4 cm³/mol. The van der Waals surface area contributed by atoms with Crippen molar-refractivity contribution in [1.82, 2.24) is 20.2 Å². The number of hydrogen-bond acceptors (Lipinski definition) is 6. The van der Waals surface area contributed by atoms with E-state index in [2.05, 4.69) is 20.2 Å². The summed E-state index contributed by atoms with van der Waals surface area (Å²) >= 11 is 0. The average molecular weight is 338 g/mol. The maximum atomic E-state index is 12.1. The predicted octanol–water partition coefficient (Wildman–Crippen LogP) is 1.57. The van der Waals surface area contributed by atoms with E-state index in [0.29, 0.717) is 23.7 Å². The lowest BCUT2D eigenvalue weighted by molar-refractivity contribution is 0.418. The Bertz CT molecular complexity index is 738. The van der Waals surface area contributed by atoms with Crippen LogP contribution in [0.3, 0.4) is 0 Å². The number of benzene rings is 1. The van der Waals surface area contributed by atoms with Crippen LogP contribution in [0.25, 0.3) is 11.5 Å². The molecule has 0 amide bonds. The van der Waals surface area contributed by atoms with Crippen molar-refractivity contribution in [1.29, 1.82) is 0 Å². The SMILES string of the molecule is CNC(C)Cc1noc(-c2ccc(S(=O)(=O)NC(C)C)cc2)n1. The van der Waals surface area contributed by atoms with Gasteiger partial charge in [-0.05, 0) is 52.1 Å². The minimum absolute atomic E-state index is 0.160. The number of nitrogens with zero attached hydrogens (tertiary/aromatic N) is 2. The van der Waals surface area contributed by atoms with Crippen LogP contribution < -0.4 is 10.0 Å². The molecule has 1 heterocycles. The van der Waals surface area contributed by atoms with E-state index >= 15 is 0 Å². The second-order valence-corrected chi connectivity index (χ2v) is 7.42. The van der Waals surface area contributed by atoms with E-state index in [1.165, 1.54) is 12.1 Å². The molecule has 0 saturated carbocycles. The molecule has 1 atom stereocenters. The van der Waals surface area contributed by atoms with Gasteiger partial charge in [0.2, 0.25) is 10.0 Å². The molecule has 23 heavy (non-hydrogen) atoms. The van der Waals surface area contributed by atoms with E-state index < -0.39 is 10.0 Å². The zero-order chi connectivity index (χ0) is 17.0. The van der Waals surface area contributed by atoms with E-state index in [-0.39, 0.29) is 17.0 Å². The monoisotopic (exact) mass is 338 g/mol. The molecule has 0 bridgehead atoms. The van der Waals surface area contributed by atoms with Gasteiger partial charge in [-0.25, -0.2) is 13.1 Å². The van der Waals surface area contributed by atoms with E-state index in [1.54, 1.807) is 26.0 Å². The van der Waals surface area contributed by atoms with E-state index in [4.69, 9.17) is 4.52 Å². The molecule has 0 aliphatic carbocycles. The number of aromatic nitrogens is 2. The summed E-state index contributed by atoms with van der Waals surface area (Å²) in [5.74, 6) is 0.990. The molecular formula is C15H22N4O3S. The van der Waals surface area contributed by atoms with Crippen molar-refractivity contribution in [2.75, 3.05) is 7.05 Å². The van der Waals surface area contributed by atoms with Gasteiger partial charge in [0.25, 0.3) is 5.89 Å². The number of likely N-dealkylation sites (N-methyl/N-ethyl adjacent to an activating group) is 1. The van der Waals surface area contributed by atoms with Gasteiger partial charge < -0.3 is 9.84 Å². The van der Waals surface area contributed by atoms with Gasteiger partial charge in [0, 0.05) is 24.1 Å². The summed E-state index contributed by atoms with van der Waals surface area (Å²) < 4.78 is 31.9. The third kappa shape index (κ3) is 4.60. The Morgan fingerprint density at radius 1 is 1.17 bits per heavy atom.